The molecule has 1 rings (SSSR count). The molecule has 24 heavy (non-hydrogen) atoms. The lowest BCUT2D eigenvalue weighted by molar-refractivity contribution is -0.119. The van der Waals surface area contributed by atoms with Gasteiger partial charge in [-0.3, -0.25) is 4.79 Å². The van der Waals surface area contributed by atoms with E-state index >= 15 is 0 Å². The molecule has 1 aromatic heterocycles. The average Bonchev–Trinajstić information content (AvgIpc) is 2.51. The van der Waals surface area contributed by atoms with Crippen molar-refractivity contribution in [3.8, 4) is 11.8 Å². The highest BCUT2D eigenvalue weighted by atomic mass is 32.2. The van der Waals surface area contributed by atoms with Crippen molar-refractivity contribution in [2.45, 2.75) is 24.3 Å². The van der Waals surface area contributed by atoms with Gasteiger partial charge in [0.15, 0.2) is 5.16 Å². The second-order valence-corrected chi connectivity index (χ2v) is 8.26. The minimum Gasteiger partial charge on any atom is -0.481 e. The molecule has 0 aliphatic carbocycles. The van der Waals surface area contributed by atoms with Crippen LogP contribution in [0.4, 0.5) is 0 Å². The summed E-state index contributed by atoms with van der Waals surface area (Å²) in [6, 6.07) is 1.50. The first kappa shape index (κ1) is 20.5. The molecule has 9 nitrogen and oxygen atoms in total. The summed E-state index contributed by atoms with van der Waals surface area (Å²) >= 11 is 1.04. The number of nitrogens with zero attached hydrogens (tertiary/aromatic N) is 3. The maximum atomic E-state index is 12.4. The predicted octanol–water partition coefficient (Wildman–Crippen LogP) is 0.533. The minimum absolute atomic E-state index is 0.159. The molecule has 0 radical (unpaired) electrons. The lowest BCUT2D eigenvalue weighted by Gasteiger charge is -2.20. The van der Waals surface area contributed by atoms with Gasteiger partial charge in [0.05, 0.1) is 25.5 Å². The highest BCUT2D eigenvalue weighted by molar-refractivity contribution is 8.00. The Morgan fingerprint density at radius 1 is 1.21 bits per heavy atom. The van der Waals surface area contributed by atoms with Crippen molar-refractivity contribution in [3.63, 3.8) is 0 Å². The van der Waals surface area contributed by atoms with Crippen molar-refractivity contribution in [3.05, 3.63) is 6.07 Å². The summed E-state index contributed by atoms with van der Waals surface area (Å²) in [4.78, 5) is 20.7. The normalized spacial score (nSPS) is 13.0. The molecular formula is C13H22N4O5S2. The molecule has 0 fully saturated rings. The topological polar surface area (TPSA) is 111 Å². The van der Waals surface area contributed by atoms with Crippen molar-refractivity contribution in [2.75, 3.05) is 28.3 Å². The van der Waals surface area contributed by atoms with Crippen molar-refractivity contribution < 1.29 is 22.7 Å². The fraction of sp³-hybridized carbons (Fsp3) is 0.615. The number of rotatable bonds is 8. The van der Waals surface area contributed by atoms with Crippen molar-refractivity contribution >= 4 is 27.9 Å². The molecule has 0 saturated heterocycles. The van der Waals surface area contributed by atoms with E-state index in [-0.39, 0.29) is 22.8 Å². The molecule has 1 atom stereocenters. The summed E-state index contributed by atoms with van der Waals surface area (Å²) in [6.45, 7) is 3.61. The Morgan fingerprint density at radius 2 is 1.71 bits per heavy atom. The molecule has 1 N–H and O–H groups in total. The average molecular weight is 378 g/mol. The van der Waals surface area contributed by atoms with Crippen LogP contribution in [-0.2, 0) is 15.0 Å². The SMILES string of the molecule is COc1cc(OC)nc(SC(C(=O)NS(=O)(=O)N(C)C)C(C)C)n1. The molecule has 1 aromatic rings. The molecule has 0 spiro atoms. The number of nitrogens with one attached hydrogen (secondary N) is 1. The third-order valence-electron chi connectivity index (χ3n) is 2.88. The summed E-state index contributed by atoms with van der Waals surface area (Å²) in [7, 11) is 1.71. The summed E-state index contributed by atoms with van der Waals surface area (Å²) in [6.07, 6.45) is 0. The van der Waals surface area contributed by atoms with Crippen LogP contribution in [0, 0.1) is 5.92 Å². The number of carbonyl (C=O) groups excluding carboxylic acids is 1. The lowest BCUT2D eigenvalue weighted by atomic mass is 10.1. The molecule has 0 aliphatic heterocycles. The highest BCUT2D eigenvalue weighted by Gasteiger charge is 2.29. The molecule has 1 unspecified atom stereocenters. The molecule has 0 bridgehead atoms. The number of hydrogen-bond donors (Lipinski definition) is 1. The van der Waals surface area contributed by atoms with Crippen LogP contribution in [0.5, 0.6) is 11.8 Å². The number of carbonyl (C=O) groups is 1. The van der Waals surface area contributed by atoms with Crippen LogP contribution in [-0.4, -0.2) is 62.2 Å². The summed E-state index contributed by atoms with van der Waals surface area (Å²) in [5, 5.41) is -0.459. The van der Waals surface area contributed by atoms with Gasteiger partial charge in [0, 0.05) is 14.1 Å². The van der Waals surface area contributed by atoms with Crippen LogP contribution in [0.2, 0.25) is 0 Å². The number of amides is 1. The van der Waals surface area contributed by atoms with Crippen LogP contribution in [0.25, 0.3) is 0 Å². The minimum atomic E-state index is -3.86. The van der Waals surface area contributed by atoms with Crippen molar-refractivity contribution in [2.24, 2.45) is 5.92 Å². The zero-order valence-corrected chi connectivity index (χ0v) is 16.1. The first-order valence-electron chi connectivity index (χ1n) is 6.98. The Labute approximate surface area is 146 Å². The predicted molar refractivity (Wildman–Crippen MR) is 90.4 cm³/mol. The maximum absolute atomic E-state index is 12.4. The van der Waals surface area contributed by atoms with E-state index in [0.29, 0.717) is 0 Å². The first-order valence-corrected chi connectivity index (χ1v) is 9.30. The summed E-state index contributed by atoms with van der Waals surface area (Å²) < 4.78 is 36.8. The molecular weight excluding hydrogens is 356 g/mol. The Hall–Kier alpha value is -1.59. The smallest absolute Gasteiger partial charge is 0.303 e. The van der Waals surface area contributed by atoms with E-state index in [4.69, 9.17) is 9.47 Å². The van der Waals surface area contributed by atoms with Gasteiger partial charge < -0.3 is 9.47 Å². The first-order chi connectivity index (χ1) is 11.1. The number of methoxy groups -OCH3 is 2. The van der Waals surface area contributed by atoms with Gasteiger partial charge >= 0.3 is 10.2 Å². The van der Waals surface area contributed by atoms with Crippen LogP contribution in [0.1, 0.15) is 13.8 Å². The number of thioether (sulfide) groups is 1. The van der Waals surface area contributed by atoms with Gasteiger partial charge in [-0.2, -0.15) is 22.7 Å². The molecule has 0 aromatic carbocycles. The van der Waals surface area contributed by atoms with Crippen molar-refractivity contribution in [1.82, 2.24) is 19.0 Å². The van der Waals surface area contributed by atoms with Crippen molar-refractivity contribution in [1.29, 1.82) is 0 Å². The van der Waals surface area contributed by atoms with E-state index in [2.05, 4.69) is 9.97 Å². The summed E-state index contributed by atoms with van der Waals surface area (Å²) in [5.41, 5.74) is 0. The molecule has 136 valence electrons. The monoisotopic (exact) mass is 378 g/mol. The molecule has 1 amide bonds. The van der Waals surface area contributed by atoms with Gasteiger partial charge in [-0.25, -0.2) is 4.72 Å². The van der Waals surface area contributed by atoms with E-state index in [9.17, 15) is 13.2 Å². The number of aromatic nitrogens is 2. The Kier molecular flexibility index (Phi) is 7.24. The van der Waals surface area contributed by atoms with Gasteiger partial charge in [-0.15, -0.1) is 0 Å². The zero-order valence-electron chi connectivity index (χ0n) is 14.4. The third kappa shape index (κ3) is 5.49. The second-order valence-electron chi connectivity index (χ2n) is 5.27. The van der Waals surface area contributed by atoms with E-state index in [1.54, 1.807) is 13.8 Å². The maximum Gasteiger partial charge on any atom is 0.303 e. The number of ether oxygens (including phenoxy) is 2. The van der Waals surface area contributed by atoms with Gasteiger partial charge in [-0.1, -0.05) is 25.6 Å². The van der Waals surface area contributed by atoms with E-state index in [0.717, 1.165) is 16.1 Å². The quantitative estimate of drug-likeness (QED) is 0.515. The highest BCUT2D eigenvalue weighted by Crippen LogP contribution is 2.29. The molecule has 1 heterocycles. The van der Waals surface area contributed by atoms with E-state index in [1.807, 2.05) is 4.72 Å². The van der Waals surface area contributed by atoms with E-state index < -0.39 is 21.4 Å². The van der Waals surface area contributed by atoms with Gasteiger partial charge in [0.25, 0.3) is 0 Å². The third-order valence-corrected chi connectivity index (χ3v) is 5.71. The van der Waals surface area contributed by atoms with E-state index in [1.165, 1.54) is 34.4 Å². The van der Waals surface area contributed by atoms with Gasteiger partial charge in [-0.05, 0) is 5.92 Å². The number of hydrogen-bond acceptors (Lipinski definition) is 8. The van der Waals surface area contributed by atoms with Crippen LogP contribution >= 0.6 is 11.8 Å². The zero-order chi connectivity index (χ0) is 18.5. The largest absolute Gasteiger partial charge is 0.481 e. The molecule has 11 heteroatoms. The molecule has 0 aliphatic rings. The second kappa shape index (κ2) is 8.49. The Bertz CT molecular complexity index is 657. The lowest BCUT2D eigenvalue weighted by Crippen LogP contribution is -2.44. The van der Waals surface area contributed by atoms with Gasteiger partial charge in [0.2, 0.25) is 17.7 Å². The fourth-order valence-electron chi connectivity index (χ4n) is 1.53. The summed E-state index contributed by atoms with van der Waals surface area (Å²) in [5.74, 6) is -0.233. The van der Waals surface area contributed by atoms with Gasteiger partial charge in [0.1, 0.15) is 0 Å². The van der Waals surface area contributed by atoms with Crippen LogP contribution in [0.15, 0.2) is 11.2 Å². The standard InChI is InChI=1S/C13H22N4O5S2/c1-8(2)11(12(18)16-24(19,20)17(3)4)23-13-14-9(21-5)7-10(15-13)22-6/h7-8,11H,1-6H3,(H,16,18). The van der Waals surface area contributed by atoms with Crippen LogP contribution < -0.4 is 14.2 Å². The fourth-order valence-corrected chi connectivity index (χ4v) is 3.12. The molecule has 0 saturated carbocycles. The van der Waals surface area contributed by atoms with Crippen LogP contribution in [0.3, 0.4) is 0 Å². The Morgan fingerprint density at radius 3 is 2.08 bits per heavy atom. The Balaban J connectivity index is 3.04.